The smallest absolute Gasteiger partial charge is 0.262 e. The third-order valence-electron chi connectivity index (χ3n) is 1.93. The average Bonchev–Trinajstić information content (AvgIpc) is 2.16. The molecule has 1 rings (SSSR count). The Bertz CT molecular complexity index is 459. The van der Waals surface area contributed by atoms with Gasteiger partial charge in [-0.15, -0.1) is 0 Å². The standard InChI is InChI=1S/C10H12BrClO3S/c1-2-3-6-15-8-4-5-10(9(11)7-8)16(12,13)14/h4-5,7H,2-3,6H2,1H3. The Morgan fingerprint density at radius 2 is 2.12 bits per heavy atom. The predicted octanol–water partition coefficient (Wildman–Crippen LogP) is 3.56. The van der Waals surface area contributed by atoms with E-state index < -0.39 is 9.05 Å². The van der Waals surface area contributed by atoms with E-state index in [9.17, 15) is 8.42 Å². The van der Waals surface area contributed by atoms with Gasteiger partial charge in [0.15, 0.2) is 0 Å². The fourth-order valence-corrected chi connectivity index (χ4v) is 3.31. The predicted molar refractivity (Wildman–Crippen MR) is 67.6 cm³/mol. The summed E-state index contributed by atoms with van der Waals surface area (Å²) in [5, 5.41) is 0. The van der Waals surface area contributed by atoms with Crippen LogP contribution in [0.4, 0.5) is 0 Å². The molecule has 0 atom stereocenters. The van der Waals surface area contributed by atoms with E-state index in [1.54, 1.807) is 12.1 Å². The molecule has 90 valence electrons. The number of benzene rings is 1. The van der Waals surface area contributed by atoms with Gasteiger partial charge in [0.05, 0.1) is 11.5 Å². The fraction of sp³-hybridized carbons (Fsp3) is 0.400. The molecule has 0 radical (unpaired) electrons. The van der Waals surface area contributed by atoms with Crippen molar-refractivity contribution < 1.29 is 13.2 Å². The zero-order valence-corrected chi connectivity index (χ0v) is 11.9. The molecule has 1 aromatic rings. The van der Waals surface area contributed by atoms with Crippen LogP contribution < -0.4 is 4.74 Å². The van der Waals surface area contributed by atoms with Gasteiger partial charge in [-0.05, 0) is 40.5 Å². The molecule has 1 aromatic carbocycles. The highest BCUT2D eigenvalue weighted by Gasteiger charge is 2.14. The lowest BCUT2D eigenvalue weighted by atomic mass is 10.3. The summed E-state index contributed by atoms with van der Waals surface area (Å²) in [7, 11) is 1.54. The van der Waals surface area contributed by atoms with Crippen LogP contribution in [0.3, 0.4) is 0 Å². The first kappa shape index (κ1) is 13.8. The third kappa shape index (κ3) is 3.96. The van der Waals surface area contributed by atoms with Gasteiger partial charge in [-0.1, -0.05) is 13.3 Å². The van der Waals surface area contributed by atoms with Crippen LogP contribution in [0.2, 0.25) is 0 Å². The van der Waals surface area contributed by atoms with Crippen LogP contribution >= 0.6 is 26.6 Å². The molecular weight excluding hydrogens is 316 g/mol. The summed E-state index contributed by atoms with van der Waals surface area (Å²) >= 11 is 3.15. The molecule has 6 heteroatoms. The summed E-state index contributed by atoms with van der Waals surface area (Å²) in [5.74, 6) is 0.629. The minimum absolute atomic E-state index is 0.0528. The molecule has 0 heterocycles. The van der Waals surface area contributed by atoms with Crippen LogP contribution in [0, 0.1) is 0 Å². The summed E-state index contributed by atoms with van der Waals surface area (Å²) in [4.78, 5) is 0.0528. The van der Waals surface area contributed by atoms with E-state index in [0.717, 1.165) is 12.8 Å². The Kier molecular flexibility index (Phi) is 5.08. The lowest BCUT2D eigenvalue weighted by molar-refractivity contribution is 0.309. The zero-order valence-electron chi connectivity index (χ0n) is 8.74. The SMILES string of the molecule is CCCCOc1ccc(S(=O)(=O)Cl)c(Br)c1. The fourth-order valence-electron chi connectivity index (χ4n) is 1.10. The molecule has 0 aliphatic carbocycles. The van der Waals surface area contributed by atoms with Crippen molar-refractivity contribution >= 4 is 35.7 Å². The summed E-state index contributed by atoms with van der Waals surface area (Å²) in [6.07, 6.45) is 2.02. The maximum Gasteiger partial charge on any atom is 0.262 e. The Hall–Kier alpha value is -0.260. The van der Waals surface area contributed by atoms with Crippen molar-refractivity contribution in [3.8, 4) is 5.75 Å². The summed E-state index contributed by atoms with van der Waals surface area (Å²) in [5.41, 5.74) is 0. The number of ether oxygens (including phenoxy) is 1. The van der Waals surface area contributed by atoms with Gasteiger partial charge in [0.25, 0.3) is 9.05 Å². The van der Waals surface area contributed by atoms with Gasteiger partial charge in [0.2, 0.25) is 0 Å². The van der Waals surface area contributed by atoms with Crippen molar-refractivity contribution in [2.75, 3.05) is 6.61 Å². The third-order valence-corrected chi connectivity index (χ3v) is 4.23. The molecule has 3 nitrogen and oxygen atoms in total. The molecule has 0 N–H and O–H groups in total. The van der Waals surface area contributed by atoms with Crippen LogP contribution in [0.25, 0.3) is 0 Å². The maximum absolute atomic E-state index is 11.1. The Morgan fingerprint density at radius 1 is 1.44 bits per heavy atom. The van der Waals surface area contributed by atoms with Crippen molar-refractivity contribution in [3.63, 3.8) is 0 Å². The van der Waals surface area contributed by atoms with Gasteiger partial charge < -0.3 is 4.74 Å². The lowest BCUT2D eigenvalue weighted by Gasteiger charge is -2.07. The molecule has 0 saturated heterocycles. The van der Waals surface area contributed by atoms with Crippen molar-refractivity contribution in [2.24, 2.45) is 0 Å². The van der Waals surface area contributed by atoms with Crippen LogP contribution in [0.15, 0.2) is 27.6 Å². The van der Waals surface area contributed by atoms with Crippen molar-refractivity contribution in [2.45, 2.75) is 24.7 Å². The summed E-state index contributed by atoms with van der Waals surface area (Å²) in [6, 6.07) is 4.62. The molecule has 0 aliphatic rings. The molecule has 0 spiro atoms. The Labute approximate surface area is 108 Å². The molecular formula is C10H12BrClO3S. The van der Waals surface area contributed by atoms with Gasteiger partial charge >= 0.3 is 0 Å². The van der Waals surface area contributed by atoms with Gasteiger partial charge in [0, 0.05) is 15.2 Å². The number of hydrogen-bond donors (Lipinski definition) is 0. The second-order valence-corrected chi connectivity index (χ2v) is 6.62. The first-order valence-electron chi connectivity index (χ1n) is 4.82. The van der Waals surface area contributed by atoms with Gasteiger partial charge in [-0.3, -0.25) is 0 Å². The summed E-state index contributed by atoms with van der Waals surface area (Å²) in [6.45, 7) is 2.69. The van der Waals surface area contributed by atoms with Crippen molar-refractivity contribution in [1.82, 2.24) is 0 Å². The van der Waals surface area contributed by atoms with Crippen LogP contribution in [-0.4, -0.2) is 15.0 Å². The Morgan fingerprint density at radius 3 is 2.62 bits per heavy atom. The second kappa shape index (κ2) is 5.89. The Balaban J connectivity index is 2.83. The highest BCUT2D eigenvalue weighted by molar-refractivity contribution is 9.10. The van der Waals surface area contributed by atoms with Gasteiger partial charge in [-0.25, -0.2) is 8.42 Å². The molecule has 16 heavy (non-hydrogen) atoms. The molecule has 0 bridgehead atoms. The number of hydrogen-bond acceptors (Lipinski definition) is 3. The molecule has 0 fully saturated rings. The average molecular weight is 328 g/mol. The monoisotopic (exact) mass is 326 g/mol. The second-order valence-electron chi connectivity index (χ2n) is 3.23. The van der Waals surface area contributed by atoms with E-state index in [1.165, 1.54) is 6.07 Å². The van der Waals surface area contributed by atoms with Crippen LogP contribution in [0.1, 0.15) is 19.8 Å². The van der Waals surface area contributed by atoms with E-state index >= 15 is 0 Å². The largest absolute Gasteiger partial charge is 0.494 e. The van der Waals surface area contributed by atoms with E-state index in [4.69, 9.17) is 15.4 Å². The zero-order chi connectivity index (χ0) is 12.2. The van der Waals surface area contributed by atoms with E-state index in [2.05, 4.69) is 22.9 Å². The normalized spacial score (nSPS) is 11.4. The first-order chi connectivity index (χ1) is 7.45. The number of halogens is 2. The highest BCUT2D eigenvalue weighted by atomic mass is 79.9. The van der Waals surface area contributed by atoms with Crippen LogP contribution in [0.5, 0.6) is 5.75 Å². The molecule has 0 amide bonds. The van der Waals surface area contributed by atoms with Crippen molar-refractivity contribution in [1.29, 1.82) is 0 Å². The topological polar surface area (TPSA) is 43.4 Å². The lowest BCUT2D eigenvalue weighted by Crippen LogP contribution is -1.98. The number of unbranched alkanes of at least 4 members (excludes halogenated alkanes) is 1. The van der Waals surface area contributed by atoms with E-state index in [0.29, 0.717) is 16.8 Å². The molecule has 0 aromatic heterocycles. The quantitative estimate of drug-likeness (QED) is 0.613. The van der Waals surface area contributed by atoms with Gasteiger partial charge in [0.1, 0.15) is 5.75 Å². The molecule has 0 unspecified atom stereocenters. The molecule has 0 saturated carbocycles. The maximum atomic E-state index is 11.1. The minimum Gasteiger partial charge on any atom is -0.494 e. The number of rotatable bonds is 5. The minimum atomic E-state index is -3.71. The first-order valence-corrected chi connectivity index (χ1v) is 7.92. The van der Waals surface area contributed by atoms with E-state index in [-0.39, 0.29) is 4.90 Å². The van der Waals surface area contributed by atoms with Crippen molar-refractivity contribution in [3.05, 3.63) is 22.7 Å². The van der Waals surface area contributed by atoms with Gasteiger partial charge in [-0.2, -0.15) is 0 Å². The highest BCUT2D eigenvalue weighted by Crippen LogP contribution is 2.28. The van der Waals surface area contributed by atoms with Crippen LogP contribution in [-0.2, 0) is 9.05 Å². The summed E-state index contributed by atoms with van der Waals surface area (Å²) < 4.78 is 28.1. The van der Waals surface area contributed by atoms with E-state index in [1.807, 2.05) is 0 Å². The molecule has 0 aliphatic heterocycles.